The van der Waals surface area contributed by atoms with Gasteiger partial charge >= 0.3 is 19.8 Å². The Bertz CT molecular complexity index is 743. The number of carbonyl (C=O) groups excluding carboxylic acids is 2. The minimum absolute atomic E-state index is 0.137. The Kier molecular flexibility index (Phi) is 27.6. The lowest BCUT2D eigenvalue weighted by Crippen LogP contribution is -2.37. The van der Waals surface area contributed by atoms with Crippen LogP contribution in [0.15, 0.2) is 0 Å². The molecule has 0 fully saturated rings. The van der Waals surface area contributed by atoms with Gasteiger partial charge in [-0.1, -0.05) is 117 Å². The van der Waals surface area contributed by atoms with E-state index in [4.69, 9.17) is 23.0 Å². The molecule has 0 bridgehead atoms. The Labute approximate surface area is 270 Å². The number of unbranched alkanes of at least 4 members (excludes halogenated alkanes) is 16. The first-order valence-electron chi connectivity index (χ1n) is 17.7. The SMILES string of the molecule is CCCCCCCCCCCC(=O)OC[C@@H](COP(=O)(OCC)OCC[N+](C)(C)C)OC(=O)CCCCCCCCCCC. The van der Waals surface area contributed by atoms with Gasteiger partial charge in [0.15, 0.2) is 6.10 Å². The predicted octanol–water partition coefficient (Wildman–Crippen LogP) is 9.17. The van der Waals surface area contributed by atoms with Crippen molar-refractivity contribution in [2.45, 2.75) is 155 Å². The van der Waals surface area contributed by atoms with Gasteiger partial charge in [-0.25, -0.2) is 4.57 Å². The third-order valence-electron chi connectivity index (χ3n) is 7.41. The van der Waals surface area contributed by atoms with Gasteiger partial charge in [-0.15, -0.1) is 0 Å². The van der Waals surface area contributed by atoms with E-state index < -0.39 is 13.9 Å². The Morgan fingerprint density at radius 3 is 1.50 bits per heavy atom. The lowest BCUT2D eigenvalue weighted by molar-refractivity contribution is -0.870. The maximum absolute atomic E-state index is 13.2. The molecule has 0 aliphatic heterocycles. The summed E-state index contributed by atoms with van der Waals surface area (Å²) in [6, 6.07) is 0. The summed E-state index contributed by atoms with van der Waals surface area (Å²) in [6.07, 6.45) is 20.5. The van der Waals surface area contributed by atoms with E-state index in [-0.39, 0.29) is 44.8 Å². The fraction of sp³-hybridized carbons (Fsp3) is 0.941. The Balaban J connectivity index is 4.73. The second kappa shape index (κ2) is 28.3. The minimum Gasteiger partial charge on any atom is -0.462 e. The van der Waals surface area contributed by atoms with Crippen LogP contribution < -0.4 is 0 Å². The highest BCUT2D eigenvalue weighted by Crippen LogP contribution is 2.49. The summed E-state index contributed by atoms with van der Waals surface area (Å²) in [5.41, 5.74) is 0. The molecular formula is C34H69NO8P+. The van der Waals surface area contributed by atoms with Gasteiger partial charge < -0.3 is 14.0 Å². The average molecular weight is 651 g/mol. The van der Waals surface area contributed by atoms with Crippen molar-refractivity contribution in [2.24, 2.45) is 0 Å². The molecule has 0 aromatic heterocycles. The van der Waals surface area contributed by atoms with Crippen LogP contribution in [0.3, 0.4) is 0 Å². The number of esters is 2. The monoisotopic (exact) mass is 650 g/mol. The standard InChI is InChI=1S/C34H69NO8P/c1-7-10-12-14-16-18-20-22-24-26-33(36)39-30-32(31-42-44(38,40-9-3)41-29-28-35(4,5)6)43-34(37)27-25-23-21-19-17-15-13-11-8-2/h32H,7-31H2,1-6H3/q+1/t32-,44?/m0/s1. The van der Waals surface area contributed by atoms with E-state index >= 15 is 0 Å². The topological polar surface area (TPSA) is 97.4 Å². The van der Waals surface area contributed by atoms with Gasteiger partial charge in [0.25, 0.3) is 0 Å². The fourth-order valence-electron chi connectivity index (χ4n) is 4.65. The molecule has 0 N–H and O–H groups in total. The molecule has 0 aliphatic rings. The molecule has 2 atom stereocenters. The number of hydrogen-bond donors (Lipinski definition) is 0. The Hall–Kier alpha value is -0.990. The van der Waals surface area contributed by atoms with Gasteiger partial charge in [-0.2, -0.15) is 0 Å². The number of carbonyl (C=O) groups is 2. The van der Waals surface area contributed by atoms with Crippen LogP contribution in [0.5, 0.6) is 0 Å². The highest BCUT2D eigenvalue weighted by molar-refractivity contribution is 7.48. The van der Waals surface area contributed by atoms with Gasteiger partial charge in [0.2, 0.25) is 0 Å². The molecule has 262 valence electrons. The average Bonchev–Trinajstić information content (AvgIpc) is 2.96. The third-order valence-corrected chi connectivity index (χ3v) is 8.95. The number of phosphoric acid groups is 1. The van der Waals surface area contributed by atoms with Crippen molar-refractivity contribution in [2.75, 3.05) is 54.1 Å². The Morgan fingerprint density at radius 1 is 0.591 bits per heavy atom. The summed E-state index contributed by atoms with van der Waals surface area (Å²) in [7, 11) is 2.13. The number of nitrogens with zero attached hydrogens (tertiary/aromatic N) is 1. The van der Waals surface area contributed by atoms with Crippen LogP contribution in [0.2, 0.25) is 0 Å². The normalized spacial score (nSPS) is 13.9. The maximum atomic E-state index is 13.2. The second-order valence-electron chi connectivity index (χ2n) is 13.0. The molecule has 1 unspecified atom stereocenters. The predicted molar refractivity (Wildman–Crippen MR) is 179 cm³/mol. The maximum Gasteiger partial charge on any atom is 0.475 e. The molecule has 10 heteroatoms. The van der Waals surface area contributed by atoms with Crippen LogP contribution in [0, 0.1) is 0 Å². The van der Waals surface area contributed by atoms with Crippen LogP contribution in [0.1, 0.15) is 149 Å². The van der Waals surface area contributed by atoms with Crippen molar-refractivity contribution >= 4 is 19.8 Å². The molecule has 0 aromatic rings. The number of hydrogen-bond acceptors (Lipinski definition) is 8. The van der Waals surface area contributed by atoms with Crippen molar-refractivity contribution in [3.8, 4) is 0 Å². The molecule has 44 heavy (non-hydrogen) atoms. The van der Waals surface area contributed by atoms with Crippen LogP contribution in [-0.2, 0) is 37.2 Å². The molecule has 0 rings (SSSR count). The summed E-state index contributed by atoms with van der Waals surface area (Å²) >= 11 is 0. The summed E-state index contributed by atoms with van der Waals surface area (Å²) in [4.78, 5) is 25.1. The molecule has 9 nitrogen and oxygen atoms in total. The van der Waals surface area contributed by atoms with Crippen LogP contribution in [0.25, 0.3) is 0 Å². The molecule has 0 aliphatic carbocycles. The molecule has 0 saturated heterocycles. The number of phosphoric ester groups is 1. The molecule has 0 spiro atoms. The first-order chi connectivity index (χ1) is 21.0. The first-order valence-corrected chi connectivity index (χ1v) is 19.2. The molecule has 0 amide bonds. The van der Waals surface area contributed by atoms with Gasteiger partial charge in [0.05, 0.1) is 34.4 Å². The van der Waals surface area contributed by atoms with Crippen molar-refractivity contribution in [1.82, 2.24) is 0 Å². The third kappa shape index (κ3) is 28.5. The van der Waals surface area contributed by atoms with E-state index in [1.54, 1.807) is 6.92 Å². The first kappa shape index (κ1) is 43.0. The van der Waals surface area contributed by atoms with E-state index in [9.17, 15) is 14.2 Å². The highest BCUT2D eigenvalue weighted by atomic mass is 31.2. The summed E-state index contributed by atoms with van der Waals surface area (Å²) < 4.78 is 41.3. The molecular weight excluding hydrogens is 581 g/mol. The van der Waals surface area contributed by atoms with Gasteiger partial charge in [0, 0.05) is 12.8 Å². The second-order valence-corrected chi connectivity index (χ2v) is 14.6. The van der Waals surface area contributed by atoms with E-state index in [1.807, 2.05) is 21.1 Å². The number of likely N-dealkylation sites (N-methyl/N-ethyl adjacent to an activating group) is 1. The van der Waals surface area contributed by atoms with Crippen molar-refractivity contribution in [3.63, 3.8) is 0 Å². The van der Waals surface area contributed by atoms with Crippen molar-refractivity contribution in [3.05, 3.63) is 0 Å². The molecule has 0 aromatic carbocycles. The van der Waals surface area contributed by atoms with E-state index in [0.29, 0.717) is 17.4 Å². The minimum atomic E-state index is -3.87. The van der Waals surface area contributed by atoms with E-state index in [1.165, 1.54) is 77.0 Å². The molecule has 0 heterocycles. The highest BCUT2D eigenvalue weighted by Gasteiger charge is 2.30. The lowest BCUT2D eigenvalue weighted by Gasteiger charge is -2.25. The van der Waals surface area contributed by atoms with Gasteiger partial charge in [-0.3, -0.25) is 23.2 Å². The van der Waals surface area contributed by atoms with Crippen LogP contribution >= 0.6 is 7.82 Å². The number of ether oxygens (including phenoxy) is 2. The lowest BCUT2D eigenvalue weighted by atomic mass is 10.1. The summed E-state index contributed by atoms with van der Waals surface area (Å²) in [5.74, 6) is -0.714. The smallest absolute Gasteiger partial charge is 0.462 e. The fourth-order valence-corrected chi connectivity index (χ4v) is 5.84. The zero-order valence-electron chi connectivity index (χ0n) is 29.4. The quantitative estimate of drug-likeness (QED) is 0.0308. The largest absolute Gasteiger partial charge is 0.475 e. The van der Waals surface area contributed by atoms with Crippen LogP contribution in [-0.4, -0.2) is 76.6 Å². The van der Waals surface area contributed by atoms with Gasteiger partial charge in [0.1, 0.15) is 19.8 Å². The van der Waals surface area contributed by atoms with Gasteiger partial charge in [-0.05, 0) is 19.8 Å². The Morgan fingerprint density at radius 2 is 1.05 bits per heavy atom. The zero-order chi connectivity index (χ0) is 32.9. The van der Waals surface area contributed by atoms with Crippen molar-refractivity contribution < 1.29 is 41.7 Å². The number of rotatable bonds is 32. The zero-order valence-corrected chi connectivity index (χ0v) is 30.3. The van der Waals surface area contributed by atoms with Crippen molar-refractivity contribution in [1.29, 1.82) is 0 Å². The van der Waals surface area contributed by atoms with E-state index in [2.05, 4.69) is 13.8 Å². The summed E-state index contributed by atoms with van der Waals surface area (Å²) in [6.45, 7) is 6.65. The summed E-state index contributed by atoms with van der Waals surface area (Å²) in [5, 5.41) is 0. The molecule has 0 radical (unpaired) electrons. The molecule has 0 saturated carbocycles. The van der Waals surface area contributed by atoms with E-state index in [0.717, 1.165) is 38.5 Å². The van der Waals surface area contributed by atoms with Crippen LogP contribution in [0.4, 0.5) is 0 Å². The number of quaternary nitrogens is 1.